The molecule has 0 unspecified atom stereocenters. The highest BCUT2D eigenvalue weighted by Crippen LogP contribution is 2.17. The molecule has 0 aliphatic heterocycles. The highest BCUT2D eigenvalue weighted by molar-refractivity contribution is 6.17. The molecule has 0 saturated heterocycles. The molecular weight excluding hydrogens is 151 g/mol. The fourth-order valence-electron chi connectivity index (χ4n) is 0.992. The van der Waals surface area contributed by atoms with Crippen LogP contribution in [-0.2, 0) is 0 Å². The molecule has 0 amide bonds. The van der Waals surface area contributed by atoms with Gasteiger partial charge in [0.25, 0.3) is 0 Å². The van der Waals surface area contributed by atoms with Gasteiger partial charge >= 0.3 is 7.69 Å². The van der Waals surface area contributed by atoms with E-state index >= 15 is 0 Å². The Morgan fingerprint density at radius 3 is 2.25 bits per heavy atom. The molecule has 0 bridgehead atoms. The maximum Gasteiger partial charge on any atom is 0.569 e. The molecule has 1 radical (unpaired) electrons. The summed E-state index contributed by atoms with van der Waals surface area (Å²) in [5, 5.41) is 8.35. The van der Waals surface area contributed by atoms with Crippen LogP contribution in [0.4, 0.5) is 0 Å². The predicted octanol–water partition coefficient (Wildman–Crippen LogP) is 1.72. The van der Waals surface area contributed by atoms with Crippen molar-refractivity contribution in [2.75, 3.05) is 0 Å². The molecule has 12 heavy (non-hydrogen) atoms. The second kappa shape index (κ2) is 4.17. The van der Waals surface area contributed by atoms with Crippen LogP contribution in [0, 0.1) is 0 Å². The summed E-state index contributed by atoms with van der Waals surface area (Å²) in [7, 11) is 0.685. The second-order valence-electron chi connectivity index (χ2n) is 2.95. The predicted molar refractivity (Wildman–Crippen MR) is 49.1 cm³/mol. The maximum absolute atomic E-state index is 8.35. The summed E-state index contributed by atoms with van der Waals surface area (Å²) >= 11 is 0. The zero-order valence-electron chi connectivity index (χ0n) is 7.32. The van der Waals surface area contributed by atoms with Gasteiger partial charge in [-0.25, -0.2) is 0 Å². The van der Waals surface area contributed by atoms with Gasteiger partial charge in [0.1, 0.15) is 0 Å². The molecule has 3 heteroatoms. The average molecular weight is 163 g/mol. The fraction of sp³-hybridized carbons (Fsp3) is 0.333. The van der Waals surface area contributed by atoms with E-state index in [-0.39, 0.29) is 0 Å². The van der Waals surface area contributed by atoms with Crippen LogP contribution in [0.2, 0.25) is 0 Å². The van der Waals surface area contributed by atoms with E-state index in [1.807, 2.05) is 24.3 Å². The molecule has 63 valence electrons. The van der Waals surface area contributed by atoms with Gasteiger partial charge in [-0.15, -0.1) is 0 Å². The van der Waals surface area contributed by atoms with E-state index in [1.54, 1.807) is 0 Å². The molecule has 1 rings (SSSR count). The van der Waals surface area contributed by atoms with Crippen molar-refractivity contribution in [1.82, 2.24) is 0 Å². The van der Waals surface area contributed by atoms with Gasteiger partial charge in [-0.05, 0) is 23.6 Å². The minimum absolute atomic E-state index is 0.525. The Morgan fingerprint density at radius 1 is 1.25 bits per heavy atom. The van der Waals surface area contributed by atoms with E-state index in [0.717, 1.165) is 0 Å². The van der Waals surface area contributed by atoms with Crippen LogP contribution in [0.25, 0.3) is 0 Å². The third-order valence-electron chi connectivity index (χ3n) is 1.74. The molecule has 0 aromatic heterocycles. The summed E-state index contributed by atoms with van der Waals surface area (Å²) in [6, 6.07) is 7.65. The van der Waals surface area contributed by atoms with Gasteiger partial charge in [0.05, 0.1) is 5.75 Å². The molecule has 2 nitrogen and oxygen atoms in total. The molecule has 0 heterocycles. The Labute approximate surface area is 73.5 Å². The molecule has 0 spiro atoms. The summed E-state index contributed by atoms with van der Waals surface area (Å²) in [6.45, 7) is 4.27. The summed E-state index contributed by atoms with van der Waals surface area (Å²) < 4.78 is 4.77. The number of hydrogen-bond donors (Lipinski definition) is 1. The minimum Gasteiger partial charge on any atom is -0.537 e. The van der Waals surface area contributed by atoms with Crippen LogP contribution in [0.3, 0.4) is 0 Å². The lowest BCUT2D eigenvalue weighted by Gasteiger charge is -2.06. The third kappa shape index (κ3) is 2.27. The number of hydrogen-bond acceptors (Lipinski definition) is 2. The molecule has 1 N–H and O–H groups in total. The normalized spacial score (nSPS) is 10.0. The Morgan fingerprint density at radius 2 is 1.83 bits per heavy atom. The van der Waals surface area contributed by atoms with Gasteiger partial charge in [-0.2, -0.15) is 0 Å². The SMILES string of the molecule is CC(C)c1ccc(O[B]O)cc1. The molecule has 0 aliphatic rings. The van der Waals surface area contributed by atoms with E-state index in [9.17, 15) is 0 Å². The van der Waals surface area contributed by atoms with E-state index < -0.39 is 0 Å². The Kier molecular flexibility index (Phi) is 3.17. The van der Waals surface area contributed by atoms with Gasteiger partial charge in [0, 0.05) is 0 Å². The monoisotopic (exact) mass is 163 g/mol. The first-order chi connectivity index (χ1) is 5.74. The summed E-state index contributed by atoms with van der Waals surface area (Å²) in [4.78, 5) is 0. The Bertz CT molecular complexity index is 231. The first-order valence-corrected chi connectivity index (χ1v) is 3.96. The fourth-order valence-corrected chi connectivity index (χ4v) is 0.992. The van der Waals surface area contributed by atoms with Gasteiger partial charge in [0.2, 0.25) is 0 Å². The summed E-state index contributed by atoms with van der Waals surface area (Å²) in [5.74, 6) is 1.18. The van der Waals surface area contributed by atoms with Crippen molar-refractivity contribution in [3.8, 4) is 5.75 Å². The molecule has 1 aromatic carbocycles. The number of benzene rings is 1. The lowest BCUT2D eigenvalue weighted by atomic mass is 10.0. The smallest absolute Gasteiger partial charge is 0.537 e. The van der Waals surface area contributed by atoms with Crippen molar-refractivity contribution in [3.63, 3.8) is 0 Å². The molecule has 0 aliphatic carbocycles. The average Bonchev–Trinajstić information content (AvgIpc) is 2.06. The van der Waals surface area contributed by atoms with Crippen LogP contribution in [0.5, 0.6) is 5.75 Å². The van der Waals surface area contributed by atoms with Gasteiger partial charge in [-0.1, -0.05) is 26.0 Å². The zero-order chi connectivity index (χ0) is 8.97. The molecule has 0 saturated carbocycles. The summed E-state index contributed by atoms with van der Waals surface area (Å²) in [5.41, 5.74) is 1.26. The van der Waals surface area contributed by atoms with Crippen molar-refractivity contribution in [2.45, 2.75) is 19.8 Å². The van der Waals surface area contributed by atoms with Crippen LogP contribution < -0.4 is 4.65 Å². The number of rotatable bonds is 3. The van der Waals surface area contributed by atoms with E-state index in [0.29, 0.717) is 19.4 Å². The third-order valence-corrected chi connectivity index (χ3v) is 1.74. The van der Waals surface area contributed by atoms with Crippen molar-refractivity contribution in [2.24, 2.45) is 0 Å². The Balaban J connectivity index is 2.71. The highest BCUT2D eigenvalue weighted by Gasteiger charge is 1.98. The van der Waals surface area contributed by atoms with Crippen LogP contribution in [0.1, 0.15) is 25.3 Å². The first kappa shape index (κ1) is 9.14. The molecular formula is C9H12BO2. The quantitative estimate of drug-likeness (QED) is 0.687. The molecule has 0 fully saturated rings. The van der Waals surface area contributed by atoms with Crippen molar-refractivity contribution < 1.29 is 9.68 Å². The molecule has 1 aromatic rings. The molecule has 0 atom stereocenters. The lowest BCUT2D eigenvalue weighted by Crippen LogP contribution is -1.99. The van der Waals surface area contributed by atoms with E-state index in [1.165, 1.54) is 5.56 Å². The van der Waals surface area contributed by atoms with Crippen molar-refractivity contribution in [1.29, 1.82) is 0 Å². The minimum atomic E-state index is 0.525. The van der Waals surface area contributed by atoms with E-state index in [4.69, 9.17) is 9.68 Å². The zero-order valence-corrected chi connectivity index (χ0v) is 7.32. The second-order valence-corrected chi connectivity index (χ2v) is 2.95. The largest absolute Gasteiger partial charge is 0.569 e. The van der Waals surface area contributed by atoms with Gasteiger partial charge < -0.3 is 9.68 Å². The van der Waals surface area contributed by atoms with Crippen LogP contribution in [0.15, 0.2) is 24.3 Å². The summed E-state index contributed by atoms with van der Waals surface area (Å²) in [6.07, 6.45) is 0. The topological polar surface area (TPSA) is 29.5 Å². The van der Waals surface area contributed by atoms with Crippen molar-refractivity contribution >= 4 is 7.69 Å². The van der Waals surface area contributed by atoms with Crippen LogP contribution >= 0.6 is 0 Å². The van der Waals surface area contributed by atoms with Gasteiger partial charge in [-0.3, -0.25) is 0 Å². The van der Waals surface area contributed by atoms with Crippen LogP contribution in [-0.4, -0.2) is 12.7 Å². The van der Waals surface area contributed by atoms with E-state index in [2.05, 4.69) is 13.8 Å². The lowest BCUT2D eigenvalue weighted by molar-refractivity contribution is 0.453. The maximum atomic E-state index is 8.35. The van der Waals surface area contributed by atoms with Gasteiger partial charge in [0.15, 0.2) is 0 Å². The first-order valence-electron chi connectivity index (χ1n) is 3.96. The standard InChI is InChI=1S/C9H12BO2/c1-7(2)8-3-5-9(6-4-8)12-10-11/h3-7,11H,1-2H3. The highest BCUT2D eigenvalue weighted by atomic mass is 16.5. The Hall–Kier alpha value is -0.955. The van der Waals surface area contributed by atoms with Crippen molar-refractivity contribution in [3.05, 3.63) is 29.8 Å².